The van der Waals surface area contributed by atoms with Gasteiger partial charge in [0, 0.05) is 5.71 Å². The summed E-state index contributed by atoms with van der Waals surface area (Å²) in [5, 5.41) is 4.25. The number of nitrogens with zero attached hydrogens (tertiary/aromatic N) is 1. The summed E-state index contributed by atoms with van der Waals surface area (Å²) in [5.74, 6) is 1.67. The van der Waals surface area contributed by atoms with Crippen molar-refractivity contribution in [2.45, 2.75) is 38.7 Å². The van der Waals surface area contributed by atoms with Gasteiger partial charge in [-0.15, -0.1) is 0 Å². The van der Waals surface area contributed by atoms with Crippen molar-refractivity contribution in [1.82, 2.24) is 5.43 Å². The van der Waals surface area contributed by atoms with Crippen molar-refractivity contribution in [3.05, 3.63) is 24.3 Å². The first-order valence-corrected chi connectivity index (χ1v) is 7.46. The fraction of sp³-hybridized carbons (Fsp3) is 0.500. The Morgan fingerprint density at radius 2 is 2.14 bits per heavy atom. The van der Waals surface area contributed by atoms with Gasteiger partial charge in [-0.3, -0.25) is 4.79 Å². The van der Waals surface area contributed by atoms with Crippen LogP contribution in [0.2, 0.25) is 0 Å². The van der Waals surface area contributed by atoms with E-state index in [1.165, 1.54) is 6.42 Å². The first kappa shape index (κ1) is 13.9. The molecule has 1 aliphatic heterocycles. The number of hydrogen-bond donors (Lipinski definition) is 1. The number of para-hydroxylation sites is 2. The van der Waals surface area contributed by atoms with Gasteiger partial charge in [-0.2, -0.15) is 5.10 Å². The highest BCUT2D eigenvalue weighted by Gasteiger charge is 2.27. The lowest BCUT2D eigenvalue weighted by Gasteiger charge is -2.25. The summed E-state index contributed by atoms with van der Waals surface area (Å²) in [4.78, 5) is 12.1. The second kappa shape index (κ2) is 6.16. The molecule has 1 amide bonds. The summed E-state index contributed by atoms with van der Waals surface area (Å²) in [6.45, 7) is 2.43. The lowest BCUT2D eigenvalue weighted by Crippen LogP contribution is -2.42. The molecule has 1 fully saturated rings. The van der Waals surface area contributed by atoms with Gasteiger partial charge >= 0.3 is 0 Å². The minimum Gasteiger partial charge on any atom is -0.485 e. The third kappa shape index (κ3) is 3.35. The van der Waals surface area contributed by atoms with Crippen molar-refractivity contribution in [3.8, 4) is 11.5 Å². The summed E-state index contributed by atoms with van der Waals surface area (Å²) < 4.78 is 11.2. The molecule has 1 saturated carbocycles. The Labute approximate surface area is 124 Å². The van der Waals surface area contributed by atoms with E-state index in [4.69, 9.17) is 9.47 Å². The van der Waals surface area contributed by atoms with Gasteiger partial charge in [0.1, 0.15) is 6.61 Å². The molecule has 0 bridgehead atoms. The van der Waals surface area contributed by atoms with Crippen LogP contribution in [-0.2, 0) is 4.79 Å². The van der Waals surface area contributed by atoms with E-state index < -0.39 is 6.10 Å². The highest BCUT2D eigenvalue weighted by Crippen LogP contribution is 2.30. The second-order valence-electron chi connectivity index (χ2n) is 5.72. The van der Waals surface area contributed by atoms with E-state index in [1.807, 2.05) is 18.2 Å². The zero-order valence-electron chi connectivity index (χ0n) is 12.2. The third-order valence-corrected chi connectivity index (χ3v) is 3.87. The summed E-state index contributed by atoms with van der Waals surface area (Å²) in [5.41, 5.74) is 3.69. The fourth-order valence-electron chi connectivity index (χ4n) is 2.72. The highest BCUT2D eigenvalue weighted by molar-refractivity contribution is 5.88. The quantitative estimate of drug-likeness (QED) is 0.851. The van der Waals surface area contributed by atoms with Crippen LogP contribution in [0, 0.1) is 5.92 Å². The Morgan fingerprint density at radius 3 is 2.95 bits per heavy atom. The average Bonchev–Trinajstić information content (AvgIpc) is 2.52. The van der Waals surface area contributed by atoms with Crippen molar-refractivity contribution in [1.29, 1.82) is 0 Å². The van der Waals surface area contributed by atoms with Crippen molar-refractivity contribution in [3.63, 3.8) is 0 Å². The molecule has 5 nitrogen and oxygen atoms in total. The molecule has 0 aromatic heterocycles. The summed E-state index contributed by atoms with van der Waals surface area (Å²) in [6, 6.07) is 7.35. The van der Waals surface area contributed by atoms with E-state index in [0.29, 0.717) is 17.4 Å². The average molecular weight is 288 g/mol. The van der Waals surface area contributed by atoms with Crippen LogP contribution >= 0.6 is 0 Å². The van der Waals surface area contributed by atoms with Gasteiger partial charge in [0.05, 0.1) is 0 Å². The van der Waals surface area contributed by atoms with E-state index in [0.717, 1.165) is 25.0 Å². The SMILES string of the molecule is C[C@H]1CCC/C(=N/NC(=O)[C@@H]2COc3ccccc3O2)C1. The predicted molar refractivity (Wildman–Crippen MR) is 79.6 cm³/mol. The van der Waals surface area contributed by atoms with E-state index in [9.17, 15) is 4.79 Å². The number of ether oxygens (including phenoxy) is 2. The van der Waals surface area contributed by atoms with Crippen LogP contribution in [0.3, 0.4) is 0 Å². The topological polar surface area (TPSA) is 59.9 Å². The van der Waals surface area contributed by atoms with Gasteiger partial charge < -0.3 is 9.47 Å². The number of hydrogen-bond acceptors (Lipinski definition) is 4. The minimum absolute atomic E-state index is 0.212. The largest absolute Gasteiger partial charge is 0.485 e. The van der Waals surface area contributed by atoms with Crippen molar-refractivity contribution in [2.24, 2.45) is 11.0 Å². The van der Waals surface area contributed by atoms with Gasteiger partial charge in [0.2, 0.25) is 6.10 Å². The number of hydrazone groups is 1. The van der Waals surface area contributed by atoms with Crippen LogP contribution in [0.1, 0.15) is 32.6 Å². The second-order valence-corrected chi connectivity index (χ2v) is 5.72. The van der Waals surface area contributed by atoms with Crippen LogP contribution in [0.25, 0.3) is 0 Å². The molecule has 21 heavy (non-hydrogen) atoms. The third-order valence-electron chi connectivity index (χ3n) is 3.87. The van der Waals surface area contributed by atoms with Crippen LogP contribution in [-0.4, -0.2) is 24.3 Å². The summed E-state index contributed by atoms with van der Waals surface area (Å²) >= 11 is 0. The Balaban J connectivity index is 1.58. The van der Waals surface area contributed by atoms with E-state index in [-0.39, 0.29) is 12.5 Å². The fourth-order valence-corrected chi connectivity index (χ4v) is 2.72. The van der Waals surface area contributed by atoms with Crippen molar-refractivity contribution < 1.29 is 14.3 Å². The number of fused-ring (bicyclic) bond motifs is 1. The molecule has 1 aliphatic carbocycles. The summed E-state index contributed by atoms with van der Waals surface area (Å²) in [6.07, 6.45) is 3.67. The molecular weight excluding hydrogens is 268 g/mol. The first-order chi connectivity index (χ1) is 10.2. The molecule has 2 atom stereocenters. The molecule has 0 unspecified atom stereocenters. The lowest BCUT2D eigenvalue weighted by molar-refractivity contribution is -0.130. The molecule has 2 aliphatic rings. The Hall–Kier alpha value is -2.04. The molecule has 5 heteroatoms. The highest BCUT2D eigenvalue weighted by atomic mass is 16.6. The molecule has 1 aromatic rings. The molecule has 1 heterocycles. The summed E-state index contributed by atoms with van der Waals surface area (Å²) in [7, 11) is 0. The van der Waals surface area contributed by atoms with E-state index in [1.54, 1.807) is 6.07 Å². The van der Waals surface area contributed by atoms with Crippen LogP contribution < -0.4 is 14.9 Å². The number of carbonyl (C=O) groups is 1. The number of rotatable bonds is 2. The number of carbonyl (C=O) groups excluding carboxylic acids is 1. The normalized spacial score (nSPS) is 26.4. The predicted octanol–water partition coefficient (Wildman–Crippen LogP) is 2.51. The zero-order valence-corrected chi connectivity index (χ0v) is 12.2. The van der Waals surface area contributed by atoms with Gasteiger partial charge in [-0.1, -0.05) is 19.1 Å². The van der Waals surface area contributed by atoms with Gasteiger partial charge in [-0.05, 0) is 43.7 Å². The maximum Gasteiger partial charge on any atom is 0.284 e. The number of nitrogens with one attached hydrogen (secondary N) is 1. The number of amides is 1. The van der Waals surface area contributed by atoms with Crippen LogP contribution in [0.15, 0.2) is 29.4 Å². The lowest BCUT2D eigenvalue weighted by atomic mass is 9.89. The molecule has 3 rings (SSSR count). The van der Waals surface area contributed by atoms with Crippen molar-refractivity contribution in [2.75, 3.05) is 6.61 Å². The Kier molecular flexibility index (Phi) is 4.08. The molecular formula is C16H20N2O3. The van der Waals surface area contributed by atoms with Gasteiger partial charge in [0.25, 0.3) is 5.91 Å². The smallest absolute Gasteiger partial charge is 0.284 e. The maximum absolute atomic E-state index is 12.1. The molecule has 1 aromatic carbocycles. The maximum atomic E-state index is 12.1. The van der Waals surface area contributed by atoms with E-state index >= 15 is 0 Å². The molecule has 1 N–H and O–H groups in total. The molecule has 112 valence electrons. The van der Waals surface area contributed by atoms with Crippen LogP contribution in [0.4, 0.5) is 0 Å². The standard InChI is InChI=1S/C16H20N2O3/c1-11-5-4-6-12(9-11)17-18-16(19)15-10-20-13-7-2-3-8-14(13)21-15/h2-3,7-8,11,15H,4-6,9-10H2,1H3,(H,18,19)/b17-12-/t11-,15-/m0/s1. The van der Waals surface area contributed by atoms with Gasteiger partial charge in [-0.25, -0.2) is 5.43 Å². The first-order valence-electron chi connectivity index (χ1n) is 7.46. The Morgan fingerprint density at radius 1 is 1.33 bits per heavy atom. The van der Waals surface area contributed by atoms with Gasteiger partial charge in [0.15, 0.2) is 11.5 Å². The van der Waals surface area contributed by atoms with E-state index in [2.05, 4.69) is 17.5 Å². The van der Waals surface area contributed by atoms with Crippen molar-refractivity contribution >= 4 is 11.6 Å². The van der Waals surface area contributed by atoms with Crippen LogP contribution in [0.5, 0.6) is 11.5 Å². The minimum atomic E-state index is -0.648. The molecule has 0 spiro atoms. The monoisotopic (exact) mass is 288 g/mol. The number of benzene rings is 1. The Bertz CT molecular complexity index is 556. The molecule has 0 radical (unpaired) electrons. The zero-order chi connectivity index (χ0) is 14.7. The molecule has 0 saturated heterocycles.